The zero-order chi connectivity index (χ0) is 13.1. The minimum Gasteiger partial charge on any atom is -0.375 e. The molecule has 0 saturated carbocycles. The summed E-state index contributed by atoms with van der Waals surface area (Å²) in [7, 11) is 2.10. The van der Waals surface area contributed by atoms with Gasteiger partial charge in [-0.15, -0.1) is 0 Å². The van der Waals surface area contributed by atoms with Gasteiger partial charge in [0.05, 0.1) is 6.61 Å². The first kappa shape index (κ1) is 16.5. The van der Waals surface area contributed by atoms with Gasteiger partial charge in [0.15, 0.2) is 0 Å². The molecule has 0 aromatic carbocycles. The zero-order valence-electron chi connectivity index (χ0n) is 11.4. The molecule has 100 valence electrons. The molecule has 0 fully saturated rings. The third-order valence-corrected chi connectivity index (χ3v) is 5.52. The van der Waals surface area contributed by atoms with Crippen molar-refractivity contribution >= 4 is 8.80 Å². The minimum absolute atomic E-state index is 0.141. The van der Waals surface area contributed by atoms with Crippen molar-refractivity contribution in [1.82, 2.24) is 0 Å². The highest BCUT2D eigenvalue weighted by molar-refractivity contribution is 6.62. The van der Waals surface area contributed by atoms with E-state index in [-0.39, 0.29) is 5.73 Å². The van der Waals surface area contributed by atoms with Crippen LogP contribution in [0.25, 0.3) is 0 Å². The van der Waals surface area contributed by atoms with E-state index in [9.17, 15) is 0 Å². The molecule has 0 heterocycles. The fraction of sp³-hybridized carbons (Fsp3) is 0.667. The monoisotopic (exact) mass is 260 g/mol. The first-order valence-electron chi connectivity index (χ1n) is 5.75. The Morgan fingerprint density at radius 2 is 1.65 bits per heavy atom. The van der Waals surface area contributed by atoms with Gasteiger partial charge in [0.1, 0.15) is 5.73 Å². The van der Waals surface area contributed by atoms with Gasteiger partial charge in [-0.25, -0.2) is 0 Å². The summed E-state index contributed by atoms with van der Waals surface area (Å²) in [5, 5.41) is 0. The second-order valence-electron chi connectivity index (χ2n) is 3.40. The van der Waals surface area contributed by atoms with Crippen LogP contribution in [0.1, 0.15) is 20.3 Å². The Morgan fingerprint density at radius 1 is 1.06 bits per heavy atom. The highest BCUT2D eigenvalue weighted by Gasteiger charge is 2.47. The predicted molar refractivity (Wildman–Crippen MR) is 70.8 cm³/mol. The molecule has 1 unspecified atom stereocenters. The molecule has 0 aliphatic rings. The molecule has 5 heteroatoms. The first-order chi connectivity index (χ1) is 8.20. The van der Waals surface area contributed by atoms with Gasteiger partial charge in [0, 0.05) is 21.3 Å². The van der Waals surface area contributed by atoms with Crippen molar-refractivity contribution in [2.75, 3.05) is 27.9 Å². The van der Waals surface area contributed by atoms with Crippen LogP contribution in [0.2, 0.25) is 0 Å². The average molecular weight is 260 g/mol. The third-order valence-electron chi connectivity index (χ3n) is 2.45. The summed E-state index contributed by atoms with van der Waals surface area (Å²) in [4.78, 5) is 0. The minimum atomic E-state index is -2.69. The second kappa shape index (κ2) is 9.56. The summed E-state index contributed by atoms with van der Waals surface area (Å²) in [6.45, 7) is 4.52. The Kier molecular flexibility index (Phi) is 9.29. The molecule has 0 N–H and O–H groups in total. The maximum absolute atomic E-state index is 5.74. The Bertz CT molecular complexity index is 228. The lowest BCUT2D eigenvalue weighted by molar-refractivity contribution is 0.0219. The van der Waals surface area contributed by atoms with Crippen LogP contribution in [-0.2, 0) is 18.0 Å². The molecule has 4 nitrogen and oxygen atoms in total. The zero-order valence-corrected chi connectivity index (χ0v) is 12.4. The lowest BCUT2D eigenvalue weighted by Gasteiger charge is -2.31. The fourth-order valence-corrected chi connectivity index (χ4v) is 3.62. The highest BCUT2D eigenvalue weighted by atomic mass is 28.4. The maximum atomic E-state index is 5.74. The number of allylic oxidation sites excluding steroid dienone is 3. The first-order valence-corrected chi connectivity index (χ1v) is 7.55. The van der Waals surface area contributed by atoms with Gasteiger partial charge in [0.2, 0.25) is 0 Å². The van der Waals surface area contributed by atoms with Crippen LogP contribution in [0.5, 0.6) is 0 Å². The number of hydrogen-bond donors (Lipinski definition) is 0. The van der Waals surface area contributed by atoms with Crippen LogP contribution >= 0.6 is 0 Å². The van der Waals surface area contributed by atoms with E-state index < -0.39 is 8.80 Å². The summed E-state index contributed by atoms with van der Waals surface area (Å²) in [5.74, 6) is 0. The Morgan fingerprint density at radius 3 is 2.06 bits per heavy atom. The van der Waals surface area contributed by atoms with Crippen molar-refractivity contribution in [2.24, 2.45) is 0 Å². The molecule has 0 aromatic rings. The van der Waals surface area contributed by atoms with Crippen LogP contribution < -0.4 is 0 Å². The van der Waals surface area contributed by atoms with E-state index in [1.165, 1.54) is 0 Å². The fourth-order valence-electron chi connectivity index (χ4n) is 1.53. The lowest BCUT2D eigenvalue weighted by Crippen LogP contribution is -2.55. The largest absolute Gasteiger partial charge is 0.530 e. The Balaban J connectivity index is 4.39. The van der Waals surface area contributed by atoms with Crippen molar-refractivity contribution in [2.45, 2.75) is 26.0 Å². The van der Waals surface area contributed by atoms with E-state index in [1.807, 2.05) is 38.2 Å². The molecule has 0 saturated heterocycles. The van der Waals surface area contributed by atoms with Crippen molar-refractivity contribution in [1.29, 1.82) is 0 Å². The molecule has 0 aliphatic heterocycles. The van der Waals surface area contributed by atoms with E-state index in [2.05, 4.69) is 0 Å². The van der Waals surface area contributed by atoms with Crippen LogP contribution in [0.3, 0.4) is 0 Å². The summed E-state index contributed by atoms with van der Waals surface area (Å²) >= 11 is 0. The molecule has 0 aliphatic carbocycles. The van der Waals surface area contributed by atoms with E-state index >= 15 is 0 Å². The van der Waals surface area contributed by atoms with Crippen molar-refractivity contribution < 1.29 is 18.0 Å². The average Bonchev–Trinajstić information content (AvgIpc) is 2.38. The SMILES string of the molecule is C/C=C/C=C/COC(CC)[Si](OC)(OC)OC. The molecule has 0 rings (SSSR count). The molecule has 0 spiro atoms. The van der Waals surface area contributed by atoms with Crippen LogP contribution in [0.4, 0.5) is 0 Å². The van der Waals surface area contributed by atoms with Crippen molar-refractivity contribution in [3.05, 3.63) is 24.3 Å². The van der Waals surface area contributed by atoms with Crippen molar-refractivity contribution in [3.63, 3.8) is 0 Å². The molecule has 0 aromatic heterocycles. The summed E-state index contributed by atoms with van der Waals surface area (Å²) in [6, 6.07) is 0. The van der Waals surface area contributed by atoms with Gasteiger partial charge in [-0.1, -0.05) is 31.2 Å². The van der Waals surface area contributed by atoms with Gasteiger partial charge in [0.25, 0.3) is 0 Å². The maximum Gasteiger partial charge on any atom is 0.530 e. The summed E-state index contributed by atoms with van der Waals surface area (Å²) in [5.41, 5.74) is -0.141. The van der Waals surface area contributed by atoms with E-state index in [0.717, 1.165) is 6.42 Å². The topological polar surface area (TPSA) is 36.9 Å². The molecule has 0 amide bonds. The predicted octanol–water partition coefficient (Wildman–Crippen LogP) is 2.33. The number of hydrogen-bond acceptors (Lipinski definition) is 4. The Labute approximate surface area is 106 Å². The lowest BCUT2D eigenvalue weighted by atomic mass is 10.4. The summed E-state index contributed by atoms with van der Waals surface area (Å²) < 4.78 is 21.9. The van der Waals surface area contributed by atoms with Gasteiger partial charge in [-0.2, -0.15) is 0 Å². The Hall–Kier alpha value is -0.463. The van der Waals surface area contributed by atoms with Crippen LogP contribution in [-0.4, -0.2) is 42.5 Å². The molecular formula is C12H24O4Si. The molecule has 0 bridgehead atoms. The van der Waals surface area contributed by atoms with E-state index in [0.29, 0.717) is 6.61 Å². The number of rotatable bonds is 9. The third kappa shape index (κ3) is 5.14. The summed E-state index contributed by atoms with van der Waals surface area (Å²) in [6.07, 6.45) is 8.61. The standard InChI is InChI=1S/C12H24O4Si/c1-6-8-9-10-11-16-12(7-2)17(13-3,14-4)15-5/h6,8-10,12H,7,11H2,1-5H3/b8-6+,10-9+. The normalized spacial score (nSPS) is 14.9. The smallest absolute Gasteiger partial charge is 0.375 e. The van der Waals surface area contributed by atoms with E-state index in [4.69, 9.17) is 18.0 Å². The molecule has 17 heavy (non-hydrogen) atoms. The van der Waals surface area contributed by atoms with Gasteiger partial charge in [-0.05, 0) is 13.3 Å². The van der Waals surface area contributed by atoms with Crippen LogP contribution in [0, 0.1) is 0 Å². The van der Waals surface area contributed by atoms with Crippen molar-refractivity contribution in [3.8, 4) is 0 Å². The molecule has 0 radical (unpaired) electrons. The van der Waals surface area contributed by atoms with Gasteiger partial charge >= 0.3 is 8.80 Å². The van der Waals surface area contributed by atoms with Gasteiger partial charge in [-0.3, -0.25) is 0 Å². The number of ether oxygens (including phenoxy) is 1. The molecule has 1 atom stereocenters. The second-order valence-corrected chi connectivity index (χ2v) is 6.48. The quantitative estimate of drug-likeness (QED) is 0.471. The molecular weight excluding hydrogens is 236 g/mol. The van der Waals surface area contributed by atoms with Gasteiger partial charge < -0.3 is 18.0 Å². The van der Waals surface area contributed by atoms with Crippen LogP contribution in [0.15, 0.2) is 24.3 Å². The van der Waals surface area contributed by atoms with E-state index in [1.54, 1.807) is 21.3 Å². The highest BCUT2D eigenvalue weighted by Crippen LogP contribution is 2.17.